The second-order valence-corrected chi connectivity index (χ2v) is 6.71. The van der Waals surface area contributed by atoms with Crippen LogP contribution in [0.1, 0.15) is 44.9 Å². The summed E-state index contributed by atoms with van der Waals surface area (Å²) in [5.41, 5.74) is 1.49. The van der Waals surface area contributed by atoms with E-state index in [4.69, 9.17) is 18.9 Å². The van der Waals surface area contributed by atoms with Gasteiger partial charge in [0.15, 0.2) is 6.10 Å². The second-order valence-electron chi connectivity index (χ2n) is 6.71. The first kappa shape index (κ1) is 22.7. The monoisotopic (exact) mass is 402 g/mol. The summed E-state index contributed by atoms with van der Waals surface area (Å²) in [5.74, 6) is 0.429. The first-order chi connectivity index (χ1) is 14.0. The van der Waals surface area contributed by atoms with Crippen LogP contribution in [0.15, 0.2) is 48.5 Å². The van der Waals surface area contributed by atoms with Crippen molar-refractivity contribution in [3.63, 3.8) is 0 Å². The van der Waals surface area contributed by atoms with E-state index in [0.717, 1.165) is 5.56 Å². The third-order valence-electron chi connectivity index (χ3n) is 4.07. The SMILES string of the molecule is CCOC(=O)C(OCC)C(O)c1ccc(OCc2ccccc2)cc1OC(C)C. The highest BCUT2D eigenvalue weighted by Gasteiger charge is 2.32. The lowest BCUT2D eigenvalue weighted by Gasteiger charge is -2.24. The molecular formula is C23H30O6. The summed E-state index contributed by atoms with van der Waals surface area (Å²) in [7, 11) is 0. The maximum Gasteiger partial charge on any atom is 0.338 e. The van der Waals surface area contributed by atoms with Gasteiger partial charge in [-0.3, -0.25) is 0 Å². The molecule has 0 saturated heterocycles. The van der Waals surface area contributed by atoms with Gasteiger partial charge in [0, 0.05) is 18.2 Å². The van der Waals surface area contributed by atoms with Crippen LogP contribution in [0, 0.1) is 0 Å². The minimum atomic E-state index is -1.23. The standard InChI is InChI=1S/C23H30O6/c1-5-26-22(23(25)27-6-2)21(24)19-13-12-18(14-20(19)29-16(3)4)28-15-17-10-8-7-9-11-17/h7-14,16,21-22,24H,5-6,15H2,1-4H3. The molecule has 6 heteroatoms. The molecular weight excluding hydrogens is 372 g/mol. The maximum atomic E-state index is 12.2. The van der Waals surface area contributed by atoms with Crippen molar-refractivity contribution < 1.29 is 28.8 Å². The molecule has 0 amide bonds. The van der Waals surface area contributed by atoms with Crippen molar-refractivity contribution in [2.45, 2.75) is 52.6 Å². The predicted molar refractivity (Wildman–Crippen MR) is 110 cm³/mol. The number of ether oxygens (including phenoxy) is 4. The van der Waals surface area contributed by atoms with E-state index in [9.17, 15) is 9.90 Å². The Morgan fingerprint density at radius 3 is 2.38 bits per heavy atom. The molecule has 0 fully saturated rings. The van der Waals surface area contributed by atoms with Crippen LogP contribution in [0.3, 0.4) is 0 Å². The lowest BCUT2D eigenvalue weighted by atomic mass is 10.0. The second kappa shape index (κ2) is 11.4. The minimum absolute atomic E-state index is 0.126. The van der Waals surface area contributed by atoms with E-state index in [0.29, 0.717) is 23.7 Å². The van der Waals surface area contributed by atoms with Crippen LogP contribution in [0.2, 0.25) is 0 Å². The maximum absolute atomic E-state index is 12.2. The molecule has 0 saturated carbocycles. The average molecular weight is 402 g/mol. The van der Waals surface area contributed by atoms with Crippen molar-refractivity contribution in [1.82, 2.24) is 0 Å². The molecule has 0 heterocycles. The topological polar surface area (TPSA) is 74.2 Å². The molecule has 0 radical (unpaired) electrons. The molecule has 0 aromatic heterocycles. The quantitative estimate of drug-likeness (QED) is 0.572. The van der Waals surface area contributed by atoms with Gasteiger partial charge in [-0.2, -0.15) is 0 Å². The zero-order chi connectivity index (χ0) is 21.2. The van der Waals surface area contributed by atoms with Gasteiger partial charge in [0.25, 0.3) is 0 Å². The fraction of sp³-hybridized carbons (Fsp3) is 0.435. The van der Waals surface area contributed by atoms with Crippen LogP contribution in [-0.4, -0.2) is 36.5 Å². The lowest BCUT2D eigenvalue weighted by molar-refractivity contribution is -0.164. The van der Waals surface area contributed by atoms with Crippen molar-refractivity contribution in [3.8, 4) is 11.5 Å². The van der Waals surface area contributed by atoms with Crippen LogP contribution in [0.25, 0.3) is 0 Å². The number of aliphatic hydroxyl groups is 1. The first-order valence-corrected chi connectivity index (χ1v) is 9.89. The summed E-state index contributed by atoms with van der Waals surface area (Å²) in [6, 6.07) is 15.0. The normalized spacial score (nSPS) is 13.0. The summed E-state index contributed by atoms with van der Waals surface area (Å²) in [6.07, 6.45) is -2.49. The van der Waals surface area contributed by atoms with E-state index in [-0.39, 0.29) is 19.3 Å². The van der Waals surface area contributed by atoms with Gasteiger partial charge in [-0.1, -0.05) is 30.3 Å². The molecule has 158 valence electrons. The highest BCUT2D eigenvalue weighted by atomic mass is 16.6. The fourth-order valence-corrected chi connectivity index (χ4v) is 2.80. The molecule has 6 nitrogen and oxygen atoms in total. The molecule has 2 atom stereocenters. The Bertz CT molecular complexity index is 759. The summed E-state index contributed by atoms with van der Waals surface area (Å²) in [6.45, 7) is 8.12. The van der Waals surface area contributed by atoms with Gasteiger partial charge >= 0.3 is 5.97 Å². The fourth-order valence-electron chi connectivity index (χ4n) is 2.80. The molecule has 2 aromatic rings. The van der Waals surface area contributed by atoms with Crippen molar-refractivity contribution >= 4 is 5.97 Å². The number of carbonyl (C=O) groups is 1. The van der Waals surface area contributed by atoms with Crippen molar-refractivity contribution in [1.29, 1.82) is 0 Å². The summed E-state index contributed by atoms with van der Waals surface area (Å²) < 4.78 is 22.2. The van der Waals surface area contributed by atoms with Gasteiger partial charge in [-0.15, -0.1) is 0 Å². The van der Waals surface area contributed by atoms with Gasteiger partial charge < -0.3 is 24.1 Å². The molecule has 2 aromatic carbocycles. The number of hydrogen-bond acceptors (Lipinski definition) is 6. The number of aliphatic hydroxyl groups excluding tert-OH is 1. The van der Waals surface area contributed by atoms with E-state index in [1.807, 2.05) is 44.2 Å². The van der Waals surface area contributed by atoms with E-state index < -0.39 is 18.2 Å². The minimum Gasteiger partial charge on any atom is -0.490 e. The van der Waals surface area contributed by atoms with Gasteiger partial charge in [-0.25, -0.2) is 4.79 Å². The molecule has 29 heavy (non-hydrogen) atoms. The summed E-state index contributed by atoms with van der Waals surface area (Å²) in [4.78, 5) is 12.2. The molecule has 0 aliphatic rings. The summed E-state index contributed by atoms with van der Waals surface area (Å²) in [5, 5.41) is 10.9. The number of carbonyl (C=O) groups excluding carboxylic acids is 1. The number of benzene rings is 2. The summed E-state index contributed by atoms with van der Waals surface area (Å²) >= 11 is 0. The Labute approximate surface area is 172 Å². The molecule has 0 spiro atoms. The molecule has 0 aliphatic heterocycles. The van der Waals surface area contributed by atoms with Gasteiger partial charge in [-0.05, 0) is 45.4 Å². The number of hydrogen-bond donors (Lipinski definition) is 1. The third kappa shape index (κ3) is 6.76. The lowest BCUT2D eigenvalue weighted by Crippen LogP contribution is -2.33. The van der Waals surface area contributed by atoms with Crippen LogP contribution in [0.4, 0.5) is 0 Å². The molecule has 2 rings (SSSR count). The van der Waals surface area contributed by atoms with Gasteiger partial charge in [0.2, 0.25) is 0 Å². The molecule has 1 N–H and O–H groups in total. The Morgan fingerprint density at radius 1 is 1.03 bits per heavy atom. The van der Waals surface area contributed by atoms with Crippen LogP contribution < -0.4 is 9.47 Å². The van der Waals surface area contributed by atoms with E-state index in [1.54, 1.807) is 32.0 Å². The number of rotatable bonds is 11. The Hall–Kier alpha value is -2.57. The van der Waals surface area contributed by atoms with E-state index in [1.165, 1.54) is 0 Å². The Kier molecular flexibility index (Phi) is 8.96. The first-order valence-electron chi connectivity index (χ1n) is 9.89. The van der Waals surface area contributed by atoms with Crippen molar-refractivity contribution in [3.05, 3.63) is 59.7 Å². The van der Waals surface area contributed by atoms with Crippen molar-refractivity contribution in [2.75, 3.05) is 13.2 Å². The smallest absolute Gasteiger partial charge is 0.338 e. The zero-order valence-electron chi connectivity index (χ0n) is 17.5. The average Bonchev–Trinajstić information content (AvgIpc) is 2.70. The van der Waals surface area contributed by atoms with Gasteiger partial charge in [0.05, 0.1) is 12.7 Å². The van der Waals surface area contributed by atoms with Crippen LogP contribution in [-0.2, 0) is 20.9 Å². The van der Waals surface area contributed by atoms with E-state index >= 15 is 0 Å². The molecule has 0 aliphatic carbocycles. The van der Waals surface area contributed by atoms with E-state index in [2.05, 4.69) is 0 Å². The zero-order valence-corrected chi connectivity index (χ0v) is 17.5. The van der Waals surface area contributed by atoms with Crippen LogP contribution in [0.5, 0.6) is 11.5 Å². The Morgan fingerprint density at radius 2 is 1.76 bits per heavy atom. The highest BCUT2D eigenvalue weighted by molar-refractivity contribution is 5.76. The third-order valence-corrected chi connectivity index (χ3v) is 4.07. The highest BCUT2D eigenvalue weighted by Crippen LogP contribution is 2.33. The number of esters is 1. The largest absolute Gasteiger partial charge is 0.490 e. The predicted octanol–water partition coefficient (Wildman–Crippen LogP) is 4.05. The van der Waals surface area contributed by atoms with Crippen LogP contribution >= 0.6 is 0 Å². The molecule has 2 unspecified atom stereocenters. The molecule has 0 bridgehead atoms. The Balaban J connectivity index is 2.25. The van der Waals surface area contributed by atoms with Crippen molar-refractivity contribution in [2.24, 2.45) is 0 Å². The van der Waals surface area contributed by atoms with Gasteiger partial charge in [0.1, 0.15) is 24.2 Å².